The maximum Gasteiger partial charge on any atom is 0.448 e. The Morgan fingerprint density at radius 1 is 1.30 bits per heavy atom. The van der Waals surface area contributed by atoms with Crippen molar-refractivity contribution in [3.63, 3.8) is 0 Å². The van der Waals surface area contributed by atoms with Crippen LogP contribution in [0.15, 0.2) is 53.0 Å². The zero-order valence-electron chi connectivity index (χ0n) is 12.7. The summed E-state index contributed by atoms with van der Waals surface area (Å²) in [5.74, 6) is 0.0441. The van der Waals surface area contributed by atoms with Crippen molar-refractivity contribution in [1.82, 2.24) is 0 Å². The van der Waals surface area contributed by atoms with Gasteiger partial charge in [0.15, 0.2) is 0 Å². The summed E-state index contributed by atoms with van der Waals surface area (Å²) < 4.78 is 14.5. The van der Waals surface area contributed by atoms with Crippen molar-refractivity contribution < 1.29 is 24.6 Å². The first kappa shape index (κ1) is 17.5. The van der Waals surface area contributed by atoms with Crippen LogP contribution in [0.3, 0.4) is 0 Å². The fourth-order valence-corrected chi connectivity index (χ4v) is 3.05. The van der Waals surface area contributed by atoms with E-state index in [-0.39, 0.29) is 29.1 Å². The van der Waals surface area contributed by atoms with Crippen molar-refractivity contribution in [2.24, 2.45) is 10.7 Å². The lowest BCUT2D eigenvalue weighted by molar-refractivity contribution is 0.375. The molecule has 0 spiro atoms. The van der Waals surface area contributed by atoms with E-state index in [1.807, 2.05) is 13.0 Å². The van der Waals surface area contributed by atoms with Gasteiger partial charge in [0, 0.05) is 12.0 Å². The third-order valence-electron chi connectivity index (χ3n) is 3.77. The molecule has 0 amide bonds. The molecule has 2 rings (SSSR count). The van der Waals surface area contributed by atoms with Gasteiger partial charge in [-0.2, -0.15) is 4.76 Å². The minimum Gasteiger partial charge on any atom is -0.508 e. The van der Waals surface area contributed by atoms with Gasteiger partial charge in [0.25, 0.3) is 0 Å². The molecule has 1 aliphatic rings. The van der Waals surface area contributed by atoms with Crippen molar-refractivity contribution in [1.29, 1.82) is 0 Å². The Morgan fingerprint density at radius 2 is 2.04 bits per heavy atom. The van der Waals surface area contributed by atoms with Crippen LogP contribution in [-0.2, 0) is 4.57 Å². The van der Waals surface area contributed by atoms with Crippen LogP contribution in [0.1, 0.15) is 31.2 Å². The van der Waals surface area contributed by atoms with E-state index < -0.39 is 7.75 Å². The zero-order chi connectivity index (χ0) is 17.0. The van der Waals surface area contributed by atoms with E-state index in [2.05, 4.69) is 4.76 Å². The predicted octanol–water partition coefficient (Wildman–Crippen LogP) is 3.44. The lowest BCUT2D eigenvalue weighted by Gasteiger charge is -2.19. The van der Waals surface area contributed by atoms with E-state index in [0.29, 0.717) is 6.42 Å². The Morgan fingerprint density at radius 3 is 2.70 bits per heavy atom. The number of benzene rings is 1. The number of rotatable bonds is 5. The fourth-order valence-electron chi connectivity index (χ4n) is 2.55. The summed E-state index contributed by atoms with van der Waals surface area (Å²) in [5.41, 5.74) is 1.18. The molecule has 1 aromatic rings. The molecule has 6 nitrogen and oxygen atoms in total. The number of phenolic OH excluding ortho intramolecular Hbond substituents is 1. The SMILES string of the molecule is CC(CCC1C=CC(O)=C/C1=N\P(=O)(O)O)c1cccc(O)c1. The van der Waals surface area contributed by atoms with Crippen LogP contribution in [0.5, 0.6) is 5.75 Å². The Bertz CT molecular complexity index is 704. The lowest BCUT2D eigenvalue weighted by Crippen LogP contribution is -2.15. The highest BCUT2D eigenvalue weighted by Crippen LogP contribution is 2.38. The van der Waals surface area contributed by atoms with Gasteiger partial charge in [0.2, 0.25) is 0 Å². The number of aliphatic hydroxyl groups is 1. The molecule has 0 radical (unpaired) electrons. The van der Waals surface area contributed by atoms with Crippen molar-refractivity contribution in [3.8, 4) is 5.75 Å². The summed E-state index contributed by atoms with van der Waals surface area (Å²) in [4.78, 5) is 18.0. The molecule has 7 heteroatoms. The topological polar surface area (TPSA) is 110 Å². The second-order valence-corrected chi connectivity index (χ2v) is 6.87. The molecule has 1 aromatic carbocycles. The number of aliphatic hydroxyl groups excluding tert-OH is 1. The number of aromatic hydroxyl groups is 1. The highest BCUT2D eigenvalue weighted by molar-refractivity contribution is 7.50. The van der Waals surface area contributed by atoms with Crippen molar-refractivity contribution >= 4 is 13.5 Å². The van der Waals surface area contributed by atoms with Crippen LogP contribution in [0.4, 0.5) is 0 Å². The van der Waals surface area contributed by atoms with Gasteiger partial charge in [-0.05, 0) is 42.5 Å². The van der Waals surface area contributed by atoms with E-state index in [1.165, 1.54) is 12.2 Å². The zero-order valence-corrected chi connectivity index (χ0v) is 13.6. The van der Waals surface area contributed by atoms with E-state index in [1.54, 1.807) is 24.3 Å². The monoisotopic (exact) mass is 337 g/mol. The third kappa shape index (κ3) is 5.36. The van der Waals surface area contributed by atoms with Crippen LogP contribution < -0.4 is 0 Å². The molecule has 0 bridgehead atoms. The highest BCUT2D eigenvalue weighted by Gasteiger charge is 2.21. The molecule has 124 valence electrons. The quantitative estimate of drug-likeness (QED) is 0.615. The Balaban J connectivity index is 2.08. The molecular formula is C16H20NO5P. The summed E-state index contributed by atoms with van der Waals surface area (Å²) in [5, 5.41) is 19.0. The molecule has 0 heterocycles. The highest BCUT2D eigenvalue weighted by atomic mass is 31.2. The maximum absolute atomic E-state index is 11.1. The number of hydrogen-bond donors (Lipinski definition) is 4. The summed E-state index contributed by atoms with van der Waals surface area (Å²) in [6, 6.07) is 7.02. The van der Waals surface area contributed by atoms with Crippen LogP contribution in [0.2, 0.25) is 0 Å². The first-order valence-corrected chi connectivity index (χ1v) is 8.84. The van der Waals surface area contributed by atoms with Gasteiger partial charge in [0.05, 0.1) is 5.71 Å². The molecule has 0 aromatic heterocycles. The summed E-state index contributed by atoms with van der Waals surface area (Å²) >= 11 is 0. The third-order valence-corrected chi connectivity index (χ3v) is 4.26. The smallest absolute Gasteiger partial charge is 0.448 e. The average Bonchev–Trinajstić information content (AvgIpc) is 2.44. The normalized spacial score (nSPS) is 21.3. The summed E-state index contributed by atoms with van der Waals surface area (Å²) in [6.45, 7) is 2.02. The van der Waals surface area contributed by atoms with Gasteiger partial charge >= 0.3 is 7.75 Å². The van der Waals surface area contributed by atoms with Crippen LogP contribution >= 0.6 is 7.75 Å². The van der Waals surface area contributed by atoms with Gasteiger partial charge in [-0.1, -0.05) is 25.1 Å². The summed E-state index contributed by atoms with van der Waals surface area (Å²) in [7, 11) is -4.54. The molecule has 0 fully saturated rings. The second kappa shape index (κ2) is 7.13. The van der Waals surface area contributed by atoms with E-state index in [4.69, 9.17) is 9.79 Å². The molecule has 2 atom stereocenters. The number of allylic oxidation sites excluding steroid dienone is 3. The van der Waals surface area contributed by atoms with Crippen molar-refractivity contribution in [3.05, 3.63) is 53.8 Å². The molecule has 0 aliphatic heterocycles. The minimum atomic E-state index is -4.54. The molecule has 4 N–H and O–H groups in total. The lowest BCUT2D eigenvalue weighted by atomic mass is 9.87. The minimum absolute atomic E-state index is 0.0746. The van der Waals surface area contributed by atoms with Gasteiger partial charge in [-0.3, -0.25) is 0 Å². The van der Waals surface area contributed by atoms with Gasteiger partial charge < -0.3 is 20.0 Å². The van der Waals surface area contributed by atoms with E-state index in [9.17, 15) is 14.8 Å². The number of hydrogen-bond acceptors (Lipinski definition) is 3. The van der Waals surface area contributed by atoms with Crippen LogP contribution in [0, 0.1) is 5.92 Å². The average molecular weight is 337 g/mol. The largest absolute Gasteiger partial charge is 0.508 e. The van der Waals surface area contributed by atoms with Gasteiger partial charge in [-0.25, -0.2) is 4.57 Å². The summed E-state index contributed by atoms with van der Waals surface area (Å²) in [6.07, 6.45) is 5.84. The molecular weight excluding hydrogens is 317 g/mol. The molecule has 2 unspecified atom stereocenters. The molecule has 23 heavy (non-hydrogen) atoms. The van der Waals surface area contributed by atoms with Gasteiger partial charge in [-0.15, -0.1) is 0 Å². The predicted molar refractivity (Wildman–Crippen MR) is 88.6 cm³/mol. The van der Waals surface area contributed by atoms with Crippen molar-refractivity contribution in [2.45, 2.75) is 25.7 Å². The van der Waals surface area contributed by atoms with Crippen molar-refractivity contribution in [2.75, 3.05) is 0 Å². The van der Waals surface area contributed by atoms with E-state index in [0.717, 1.165) is 12.0 Å². The van der Waals surface area contributed by atoms with E-state index >= 15 is 0 Å². The van der Waals surface area contributed by atoms with Crippen LogP contribution in [-0.4, -0.2) is 25.7 Å². The standard InChI is InChI=1S/C16H20NO5P/c1-11(13-3-2-4-14(18)9-13)5-6-12-7-8-15(19)10-16(12)17-23(20,21)22/h2-4,7-12,18-19H,5-6H2,1H3,(H2,20,21,22)/b17-16+. The van der Waals surface area contributed by atoms with Crippen LogP contribution in [0.25, 0.3) is 0 Å². The fraction of sp³-hybridized carbons (Fsp3) is 0.312. The molecule has 1 aliphatic carbocycles. The Kier molecular flexibility index (Phi) is 5.42. The Labute approximate surface area is 134 Å². The first-order chi connectivity index (χ1) is 10.7. The number of nitrogens with zero attached hydrogens (tertiary/aromatic N) is 1. The number of phenols is 1. The maximum atomic E-state index is 11.1. The molecule has 0 saturated heterocycles. The molecule has 0 saturated carbocycles. The van der Waals surface area contributed by atoms with Gasteiger partial charge in [0.1, 0.15) is 11.5 Å². The second-order valence-electron chi connectivity index (χ2n) is 5.65. The Hall–Kier alpha value is -1.88. The first-order valence-electron chi connectivity index (χ1n) is 7.28.